The molecule has 10 nitrogen and oxygen atoms in total. The van der Waals surface area contributed by atoms with E-state index in [9.17, 15) is 14.4 Å². The third-order valence-electron chi connectivity index (χ3n) is 11.0. The van der Waals surface area contributed by atoms with Gasteiger partial charge in [-0.1, -0.05) is 42.8 Å². The van der Waals surface area contributed by atoms with Gasteiger partial charge in [0.1, 0.15) is 12.0 Å². The maximum atomic E-state index is 13.7. The highest BCUT2D eigenvalue weighted by atomic mass is 35.5. The first-order valence-electron chi connectivity index (χ1n) is 18.3. The second-order valence-corrected chi connectivity index (χ2v) is 14.8. The van der Waals surface area contributed by atoms with Crippen LogP contribution in [0.2, 0.25) is 5.02 Å². The van der Waals surface area contributed by atoms with Gasteiger partial charge in [0.2, 0.25) is 0 Å². The van der Waals surface area contributed by atoms with Crippen LogP contribution in [-0.4, -0.2) is 75.9 Å². The molecule has 11 heteroatoms. The number of nitrogens with zero attached hydrogens (tertiary/aromatic N) is 5. The van der Waals surface area contributed by atoms with E-state index in [1.807, 2.05) is 48.9 Å². The zero-order valence-corrected chi connectivity index (χ0v) is 31.3. The van der Waals surface area contributed by atoms with E-state index >= 15 is 0 Å². The molecule has 51 heavy (non-hydrogen) atoms. The van der Waals surface area contributed by atoms with Crippen LogP contribution in [0.4, 0.5) is 11.4 Å². The Morgan fingerprint density at radius 3 is 2.39 bits per heavy atom. The highest BCUT2D eigenvalue weighted by Crippen LogP contribution is 2.38. The Labute approximate surface area is 306 Å². The number of aliphatic imine (C=N–C) groups is 1. The Kier molecular flexibility index (Phi) is 11.5. The summed E-state index contributed by atoms with van der Waals surface area (Å²) in [5.41, 5.74) is 8.23. The van der Waals surface area contributed by atoms with Crippen molar-refractivity contribution in [3.63, 3.8) is 0 Å². The van der Waals surface area contributed by atoms with E-state index in [4.69, 9.17) is 21.6 Å². The number of fused-ring (bicyclic) bond motifs is 1. The molecule has 0 spiro atoms. The Morgan fingerprint density at radius 2 is 1.67 bits per heavy atom. The number of hydrogen-bond acceptors (Lipinski definition) is 7. The fraction of sp³-hybridized carbons (Fsp3) is 0.475. The van der Waals surface area contributed by atoms with Crippen LogP contribution in [0.5, 0.6) is 0 Å². The number of halogens is 1. The van der Waals surface area contributed by atoms with Crippen LogP contribution in [0, 0.1) is 18.8 Å². The summed E-state index contributed by atoms with van der Waals surface area (Å²) >= 11 is 6.99. The summed E-state index contributed by atoms with van der Waals surface area (Å²) in [5.74, 6) is 0.608. The van der Waals surface area contributed by atoms with Crippen molar-refractivity contribution in [3.8, 4) is 11.1 Å². The molecular weight excluding hydrogens is 662 g/mol. The number of aromatic nitrogens is 2. The van der Waals surface area contributed by atoms with E-state index in [1.54, 1.807) is 13.0 Å². The lowest BCUT2D eigenvalue weighted by atomic mass is 9.82. The molecule has 2 N–H and O–H groups in total. The van der Waals surface area contributed by atoms with Crippen LogP contribution in [-0.2, 0) is 29.6 Å². The van der Waals surface area contributed by atoms with E-state index in [2.05, 4.69) is 34.3 Å². The molecule has 270 valence electrons. The third kappa shape index (κ3) is 8.19. The van der Waals surface area contributed by atoms with Gasteiger partial charge >= 0.3 is 0 Å². The molecule has 3 heterocycles. The number of amides is 2. The van der Waals surface area contributed by atoms with Crippen molar-refractivity contribution in [2.45, 2.75) is 72.8 Å². The minimum absolute atomic E-state index is 0.220. The summed E-state index contributed by atoms with van der Waals surface area (Å²) in [6, 6.07) is 11.3. The Balaban J connectivity index is 1.14. The SMILES string of the molecule is CCN1CCC(C)=C(N=C(C)C(=O)Nc2cccc(-c3cccc(NC(=O)c4nc5c(n4C)CCN(CC4CCC(C=O)CC4)C5)c3Cl)c2C)C1. The van der Waals surface area contributed by atoms with Gasteiger partial charge in [0.25, 0.3) is 11.8 Å². The molecule has 3 aliphatic rings. The molecule has 1 aliphatic carbocycles. The Hall–Kier alpha value is -4.12. The molecule has 2 amide bonds. The fourth-order valence-electron chi connectivity index (χ4n) is 7.65. The quantitative estimate of drug-likeness (QED) is 0.172. The van der Waals surface area contributed by atoms with E-state index in [1.165, 1.54) is 5.57 Å². The van der Waals surface area contributed by atoms with Crippen molar-refractivity contribution < 1.29 is 14.4 Å². The monoisotopic (exact) mass is 711 g/mol. The lowest BCUT2D eigenvalue weighted by Crippen LogP contribution is -2.36. The van der Waals surface area contributed by atoms with Crippen LogP contribution in [0.25, 0.3) is 11.1 Å². The van der Waals surface area contributed by atoms with E-state index in [0.717, 1.165) is 111 Å². The zero-order chi connectivity index (χ0) is 36.2. The maximum Gasteiger partial charge on any atom is 0.291 e. The minimum Gasteiger partial charge on any atom is -0.327 e. The van der Waals surface area contributed by atoms with Crippen molar-refractivity contribution in [2.24, 2.45) is 23.9 Å². The summed E-state index contributed by atoms with van der Waals surface area (Å²) in [6.45, 7) is 13.3. The first-order chi connectivity index (χ1) is 24.6. The molecule has 0 radical (unpaired) electrons. The van der Waals surface area contributed by atoms with Crippen molar-refractivity contribution >= 4 is 46.8 Å². The average molecular weight is 712 g/mol. The van der Waals surface area contributed by atoms with Crippen LogP contribution in [0.1, 0.15) is 80.4 Å². The second kappa shape index (κ2) is 16.0. The van der Waals surface area contributed by atoms with Crippen molar-refractivity contribution in [3.05, 3.63) is 75.5 Å². The topological polar surface area (TPSA) is 112 Å². The normalized spacial score (nSPS) is 20.2. The molecule has 2 aromatic carbocycles. The number of nitrogens with one attached hydrogen (secondary N) is 2. The summed E-state index contributed by atoms with van der Waals surface area (Å²) in [4.78, 5) is 52.4. The van der Waals surface area contributed by atoms with E-state index in [-0.39, 0.29) is 17.7 Å². The molecule has 3 aromatic rings. The molecule has 1 saturated carbocycles. The number of rotatable bonds is 10. The first-order valence-corrected chi connectivity index (χ1v) is 18.6. The Bertz CT molecular complexity index is 1870. The molecule has 2 aliphatic heterocycles. The number of likely N-dealkylation sites (N-methyl/N-ethyl adjacent to an activating group) is 1. The Morgan fingerprint density at radius 1 is 0.961 bits per heavy atom. The molecule has 1 aromatic heterocycles. The summed E-state index contributed by atoms with van der Waals surface area (Å²) in [6.07, 6.45) is 7.05. The standard InChI is InChI=1S/C40H50ClN7O3/c1-6-47-19-17-25(2)34(22-47)42-27(4)39(50)44-32-11-7-9-30(26(32)3)31-10-8-12-33(37(31)41)45-40(51)38-43-35-23-48(20-18-36(35)46(38)5)21-28-13-15-29(24-49)16-14-28/h7-12,24,28-29H,6,13-23H2,1-5H3,(H,44,50)(H,45,51). The maximum absolute atomic E-state index is 13.7. The molecule has 0 atom stereocenters. The minimum atomic E-state index is -0.317. The third-order valence-corrected chi connectivity index (χ3v) is 11.4. The number of benzene rings is 2. The number of carbonyl (C=O) groups is 3. The van der Waals surface area contributed by atoms with Crippen molar-refractivity contribution in [1.82, 2.24) is 19.4 Å². The molecule has 6 rings (SSSR count). The van der Waals surface area contributed by atoms with Gasteiger partial charge in [0, 0.05) is 69.1 Å². The van der Waals surface area contributed by atoms with Crippen LogP contribution < -0.4 is 10.6 Å². The molecule has 0 bridgehead atoms. The average Bonchev–Trinajstić information content (AvgIpc) is 3.46. The predicted molar refractivity (Wildman–Crippen MR) is 204 cm³/mol. The van der Waals surface area contributed by atoms with Gasteiger partial charge in [-0.05, 0) is 94.2 Å². The molecule has 1 fully saturated rings. The number of carbonyl (C=O) groups excluding carboxylic acids is 3. The van der Waals surface area contributed by atoms with Gasteiger partial charge < -0.3 is 20.0 Å². The smallest absolute Gasteiger partial charge is 0.291 e. The number of aldehydes is 1. The van der Waals surface area contributed by atoms with Gasteiger partial charge in [-0.3, -0.25) is 24.4 Å². The van der Waals surface area contributed by atoms with Crippen LogP contribution in [0.15, 0.2) is 52.7 Å². The molecular formula is C40H50ClN7O3. The van der Waals surface area contributed by atoms with E-state index in [0.29, 0.717) is 40.4 Å². The van der Waals surface area contributed by atoms with Gasteiger partial charge in [-0.25, -0.2) is 4.98 Å². The highest BCUT2D eigenvalue weighted by Gasteiger charge is 2.29. The fourth-order valence-corrected chi connectivity index (χ4v) is 7.93. The first kappa shape index (κ1) is 36.7. The van der Waals surface area contributed by atoms with Gasteiger partial charge in [-0.2, -0.15) is 0 Å². The number of hydrogen-bond donors (Lipinski definition) is 2. The highest BCUT2D eigenvalue weighted by molar-refractivity contribution is 6.42. The van der Waals surface area contributed by atoms with E-state index < -0.39 is 0 Å². The molecule has 0 saturated heterocycles. The van der Waals surface area contributed by atoms with Crippen LogP contribution in [0.3, 0.4) is 0 Å². The lowest BCUT2D eigenvalue weighted by Gasteiger charge is -2.33. The van der Waals surface area contributed by atoms with Crippen LogP contribution >= 0.6 is 11.6 Å². The van der Waals surface area contributed by atoms with Gasteiger partial charge in [-0.15, -0.1) is 0 Å². The van der Waals surface area contributed by atoms with Gasteiger partial charge in [0.05, 0.1) is 22.1 Å². The van der Waals surface area contributed by atoms with Crippen molar-refractivity contribution in [1.29, 1.82) is 0 Å². The lowest BCUT2D eigenvalue weighted by molar-refractivity contribution is -0.112. The molecule has 0 unspecified atom stereocenters. The summed E-state index contributed by atoms with van der Waals surface area (Å²) in [5, 5.41) is 6.47. The number of anilines is 2. The summed E-state index contributed by atoms with van der Waals surface area (Å²) < 4.78 is 1.91. The largest absolute Gasteiger partial charge is 0.327 e. The second-order valence-electron chi connectivity index (χ2n) is 14.4. The zero-order valence-electron chi connectivity index (χ0n) is 30.5. The predicted octanol–water partition coefficient (Wildman–Crippen LogP) is 7.06. The summed E-state index contributed by atoms with van der Waals surface area (Å²) in [7, 11) is 1.90. The van der Waals surface area contributed by atoms with Crippen molar-refractivity contribution in [2.75, 3.05) is 43.4 Å². The number of imidazole rings is 1. The van der Waals surface area contributed by atoms with Gasteiger partial charge in [0.15, 0.2) is 5.82 Å².